The summed E-state index contributed by atoms with van der Waals surface area (Å²) in [4.78, 5) is 12.9. The predicted octanol–water partition coefficient (Wildman–Crippen LogP) is 3.51. The molecule has 2 aromatic rings. The number of rotatable bonds is 2. The molecule has 18 heavy (non-hydrogen) atoms. The summed E-state index contributed by atoms with van der Waals surface area (Å²) in [6.45, 7) is 1.57. The Labute approximate surface area is 113 Å². The second-order valence-electron chi connectivity index (χ2n) is 4.16. The first-order valence-corrected chi connectivity index (χ1v) is 7.51. The van der Waals surface area contributed by atoms with Crippen molar-refractivity contribution in [3.63, 3.8) is 0 Å². The van der Waals surface area contributed by atoms with Crippen molar-refractivity contribution in [2.45, 2.75) is 19.4 Å². The maximum Gasteiger partial charge on any atom is 0.240 e. The molecule has 1 unspecified atom stereocenters. The average Bonchev–Trinajstić information content (AvgIpc) is 3.10. The van der Waals surface area contributed by atoms with Crippen molar-refractivity contribution in [3.8, 4) is 0 Å². The van der Waals surface area contributed by atoms with Crippen LogP contribution in [-0.4, -0.2) is 16.6 Å². The molecule has 0 radical (unpaired) electrons. The second kappa shape index (κ2) is 4.66. The number of thiophene rings is 2. The summed E-state index contributed by atoms with van der Waals surface area (Å²) >= 11 is 3.33. The minimum absolute atomic E-state index is 0.00127. The van der Waals surface area contributed by atoms with Gasteiger partial charge in [0.2, 0.25) is 5.91 Å². The number of nitrogens with zero attached hydrogens (tertiary/aromatic N) is 2. The van der Waals surface area contributed by atoms with Crippen LogP contribution in [0.3, 0.4) is 0 Å². The number of hydrogen-bond donors (Lipinski definition) is 0. The smallest absolute Gasteiger partial charge is 0.240 e. The van der Waals surface area contributed by atoms with E-state index in [4.69, 9.17) is 0 Å². The largest absolute Gasteiger partial charge is 0.273 e. The molecule has 0 saturated heterocycles. The highest BCUT2D eigenvalue weighted by Gasteiger charge is 2.31. The molecule has 0 saturated carbocycles. The number of amides is 1. The zero-order valence-electron chi connectivity index (χ0n) is 9.87. The van der Waals surface area contributed by atoms with E-state index in [0.717, 1.165) is 17.7 Å². The van der Waals surface area contributed by atoms with E-state index in [9.17, 15) is 4.79 Å². The van der Waals surface area contributed by atoms with Crippen molar-refractivity contribution >= 4 is 34.3 Å². The highest BCUT2D eigenvalue weighted by atomic mass is 32.1. The summed E-state index contributed by atoms with van der Waals surface area (Å²) < 4.78 is 0. The van der Waals surface area contributed by atoms with Crippen LogP contribution in [0.5, 0.6) is 0 Å². The summed E-state index contributed by atoms with van der Waals surface area (Å²) in [6, 6.07) is 6.20. The number of carbonyl (C=O) groups is 1. The van der Waals surface area contributed by atoms with Gasteiger partial charge < -0.3 is 0 Å². The van der Waals surface area contributed by atoms with Crippen molar-refractivity contribution in [3.05, 3.63) is 44.8 Å². The van der Waals surface area contributed by atoms with E-state index < -0.39 is 0 Å². The normalized spacial score (nSPS) is 19.1. The monoisotopic (exact) mass is 276 g/mol. The quantitative estimate of drug-likeness (QED) is 0.826. The molecule has 1 aliphatic rings. The Morgan fingerprint density at radius 1 is 1.44 bits per heavy atom. The van der Waals surface area contributed by atoms with Gasteiger partial charge in [-0.3, -0.25) is 4.79 Å². The van der Waals surface area contributed by atoms with Crippen LogP contribution in [0, 0.1) is 0 Å². The predicted molar refractivity (Wildman–Crippen MR) is 75.1 cm³/mol. The van der Waals surface area contributed by atoms with Gasteiger partial charge in [-0.25, -0.2) is 5.01 Å². The maximum absolute atomic E-state index is 11.7. The van der Waals surface area contributed by atoms with E-state index in [2.05, 4.69) is 22.6 Å². The van der Waals surface area contributed by atoms with Gasteiger partial charge in [0.1, 0.15) is 0 Å². The fourth-order valence-electron chi connectivity index (χ4n) is 2.11. The van der Waals surface area contributed by atoms with Crippen molar-refractivity contribution in [1.82, 2.24) is 5.01 Å². The lowest BCUT2D eigenvalue weighted by atomic mass is 10.1. The van der Waals surface area contributed by atoms with Gasteiger partial charge in [-0.1, -0.05) is 6.07 Å². The molecule has 3 rings (SSSR count). The van der Waals surface area contributed by atoms with Gasteiger partial charge >= 0.3 is 0 Å². The summed E-state index contributed by atoms with van der Waals surface area (Å²) in [6.07, 6.45) is 0.802. The lowest BCUT2D eigenvalue weighted by molar-refractivity contribution is -0.130. The van der Waals surface area contributed by atoms with Crippen LogP contribution in [0.15, 0.2) is 39.4 Å². The van der Waals surface area contributed by atoms with E-state index in [-0.39, 0.29) is 11.9 Å². The highest BCUT2D eigenvalue weighted by Crippen LogP contribution is 2.35. The Morgan fingerprint density at radius 3 is 2.94 bits per heavy atom. The summed E-state index contributed by atoms with van der Waals surface area (Å²) in [7, 11) is 0. The minimum Gasteiger partial charge on any atom is -0.273 e. The Hall–Kier alpha value is -1.46. The average molecular weight is 276 g/mol. The van der Waals surface area contributed by atoms with Gasteiger partial charge in [0.05, 0.1) is 11.8 Å². The zero-order valence-corrected chi connectivity index (χ0v) is 11.5. The molecule has 1 atom stereocenters. The standard InChI is InChI=1S/C13H12N2OS2/c1-9(16)15-12(13-3-2-5-18-13)7-11(14-15)10-4-6-17-8-10/h2-6,8,12H,7H2,1H3. The van der Waals surface area contributed by atoms with E-state index in [1.807, 2.05) is 16.8 Å². The lowest BCUT2D eigenvalue weighted by Gasteiger charge is -2.18. The van der Waals surface area contributed by atoms with Crippen molar-refractivity contribution in [1.29, 1.82) is 0 Å². The van der Waals surface area contributed by atoms with Crippen molar-refractivity contribution in [2.24, 2.45) is 5.10 Å². The van der Waals surface area contributed by atoms with E-state index in [0.29, 0.717) is 0 Å². The third kappa shape index (κ3) is 2.00. The fourth-order valence-corrected chi connectivity index (χ4v) is 3.58. The molecular formula is C13H12N2OS2. The van der Waals surface area contributed by atoms with Gasteiger partial charge in [-0.2, -0.15) is 16.4 Å². The Kier molecular flexibility index (Phi) is 3.01. The first-order valence-electron chi connectivity index (χ1n) is 5.69. The molecule has 5 heteroatoms. The third-order valence-electron chi connectivity index (χ3n) is 2.96. The van der Waals surface area contributed by atoms with Crippen LogP contribution in [0.2, 0.25) is 0 Å². The van der Waals surface area contributed by atoms with Gasteiger partial charge in [0.15, 0.2) is 0 Å². The molecule has 0 N–H and O–H groups in total. The first kappa shape index (κ1) is 11.6. The van der Waals surface area contributed by atoms with Crippen molar-refractivity contribution < 1.29 is 4.79 Å². The maximum atomic E-state index is 11.7. The molecule has 1 amide bonds. The summed E-state index contributed by atoms with van der Waals surface area (Å²) in [5.41, 5.74) is 2.13. The van der Waals surface area contributed by atoms with Crippen LogP contribution in [0.4, 0.5) is 0 Å². The number of hydrazone groups is 1. The SMILES string of the molecule is CC(=O)N1N=C(c2ccsc2)CC1c1cccs1. The van der Waals surface area contributed by atoms with Crippen LogP contribution < -0.4 is 0 Å². The Morgan fingerprint density at radius 2 is 2.33 bits per heavy atom. The van der Waals surface area contributed by atoms with Crippen LogP contribution >= 0.6 is 22.7 Å². The lowest BCUT2D eigenvalue weighted by Crippen LogP contribution is -2.23. The Balaban J connectivity index is 1.93. The topological polar surface area (TPSA) is 32.7 Å². The molecule has 3 heterocycles. The second-order valence-corrected chi connectivity index (χ2v) is 5.92. The molecule has 0 spiro atoms. The zero-order chi connectivity index (χ0) is 12.5. The molecule has 0 bridgehead atoms. The first-order chi connectivity index (χ1) is 8.75. The van der Waals surface area contributed by atoms with E-state index in [1.54, 1.807) is 34.6 Å². The van der Waals surface area contributed by atoms with Crippen LogP contribution in [0.1, 0.15) is 29.8 Å². The number of hydrogen-bond acceptors (Lipinski definition) is 4. The molecule has 0 aliphatic carbocycles. The van der Waals surface area contributed by atoms with Gasteiger partial charge in [0.25, 0.3) is 0 Å². The molecule has 1 aliphatic heterocycles. The summed E-state index contributed by atoms with van der Waals surface area (Å²) in [5.74, 6) is -0.00127. The molecule has 3 nitrogen and oxygen atoms in total. The molecule has 2 aromatic heterocycles. The highest BCUT2D eigenvalue weighted by molar-refractivity contribution is 7.10. The van der Waals surface area contributed by atoms with E-state index in [1.165, 1.54) is 4.88 Å². The Bertz CT molecular complexity index is 572. The van der Waals surface area contributed by atoms with Gasteiger partial charge in [-0.05, 0) is 28.3 Å². The molecule has 0 aromatic carbocycles. The third-order valence-corrected chi connectivity index (χ3v) is 4.62. The summed E-state index contributed by atoms with van der Waals surface area (Å²) in [5, 5.41) is 12.2. The van der Waals surface area contributed by atoms with Gasteiger partial charge in [-0.15, -0.1) is 11.3 Å². The molecule has 0 fully saturated rings. The van der Waals surface area contributed by atoms with Crippen LogP contribution in [-0.2, 0) is 4.79 Å². The van der Waals surface area contributed by atoms with Crippen molar-refractivity contribution in [2.75, 3.05) is 0 Å². The molecule has 92 valence electrons. The molecular weight excluding hydrogens is 264 g/mol. The minimum atomic E-state index is -0.00127. The van der Waals surface area contributed by atoms with Gasteiger partial charge in [0, 0.05) is 23.8 Å². The van der Waals surface area contributed by atoms with E-state index >= 15 is 0 Å². The fraction of sp³-hybridized carbons (Fsp3) is 0.231. The van der Waals surface area contributed by atoms with Crippen LogP contribution in [0.25, 0.3) is 0 Å². The number of carbonyl (C=O) groups excluding carboxylic acids is 1.